The lowest BCUT2D eigenvalue weighted by atomic mass is 9.98. The molecule has 0 N–H and O–H groups in total. The Kier molecular flexibility index (Phi) is 6.92. The minimum absolute atomic E-state index is 0.305. The Balaban J connectivity index is 1.80. The number of amides is 2. The van der Waals surface area contributed by atoms with Crippen LogP contribution in [0, 0.1) is 37.5 Å². The Bertz CT molecular complexity index is 1350. The summed E-state index contributed by atoms with van der Waals surface area (Å²) < 4.78 is -0.549. The zero-order valence-electron chi connectivity index (χ0n) is 18.9. The lowest BCUT2D eigenvalue weighted by Gasteiger charge is -2.33. The molecule has 0 saturated carbocycles. The van der Waals surface area contributed by atoms with Gasteiger partial charge in [-0.15, -0.1) is 4.48 Å². The molecule has 3 nitrogen and oxygen atoms in total. The van der Waals surface area contributed by atoms with Crippen molar-refractivity contribution >= 4 is 40.7 Å². The maximum atomic E-state index is 13.7. The van der Waals surface area contributed by atoms with E-state index >= 15 is 0 Å². The summed E-state index contributed by atoms with van der Waals surface area (Å²) in [5, 5.41) is 0.826. The van der Waals surface area contributed by atoms with Gasteiger partial charge in [-0.2, -0.15) is 0 Å². The topological polar surface area (TPSA) is 34.1 Å². The van der Waals surface area contributed by atoms with Crippen LogP contribution in [0.15, 0.2) is 60.7 Å². The van der Waals surface area contributed by atoms with Crippen LogP contribution in [0.25, 0.3) is 0 Å². The fourth-order valence-corrected chi connectivity index (χ4v) is 4.67. The highest BCUT2D eigenvalue weighted by molar-refractivity contribution is 6.35. The summed E-state index contributed by atoms with van der Waals surface area (Å²) in [6, 6.07) is 18.2. The summed E-state index contributed by atoms with van der Waals surface area (Å²) in [7, 11) is 0. The molecule has 0 spiro atoms. The largest absolute Gasteiger partial charge is 0.405 e. The smallest absolute Gasteiger partial charge is 0.216 e. The van der Waals surface area contributed by atoms with Crippen LogP contribution in [-0.2, 0) is 16.0 Å². The number of nitrogens with zero attached hydrogens (tertiary/aromatic N) is 1. The molecular weight excluding hydrogens is 465 g/mol. The Morgan fingerprint density at radius 2 is 1.53 bits per heavy atom. The lowest BCUT2D eigenvalue weighted by Crippen LogP contribution is -2.60. The monoisotopic (exact) mass is 486 g/mol. The number of para-hydroxylation sites is 1. The summed E-state index contributed by atoms with van der Waals surface area (Å²) in [5.74, 6) is 10.2. The van der Waals surface area contributed by atoms with Gasteiger partial charge in [0.25, 0.3) is 0 Å². The van der Waals surface area contributed by atoms with E-state index < -0.39 is 16.3 Å². The molecule has 4 rings (SSSR count). The van der Waals surface area contributed by atoms with Gasteiger partial charge in [-0.05, 0) is 50.1 Å². The van der Waals surface area contributed by atoms with Crippen molar-refractivity contribution in [3.8, 4) is 23.7 Å². The first-order valence-electron chi connectivity index (χ1n) is 10.9. The average molecular weight is 487 g/mol. The van der Waals surface area contributed by atoms with Crippen LogP contribution in [0.2, 0.25) is 10.0 Å². The Morgan fingerprint density at radius 3 is 2.24 bits per heavy atom. The second-order valence-electron chi connectivity index (χ2n) is 8.32. The molecule has 34 heavy (non-hydrogen) atoms. The fourth-order valence-electron chi connectivity index (χ4n) is 4.21. The van der Waals surface area contributed by atoms with Gasteiger partial charge >= 0.3 is 11.8 Å². The average Bonchev–Trinajstić information content (AvgIpc) is 2.82. The Hall–Kier alpha value is -3.34. The van der Waals surface area contributed by atoms with E-state index in [1.807, 2.05) is 56.3 Å². The SMILES string of the molecule is Cc1ccc(C#CC(=O)[N+]2(C(=O)C#Cc3ccc(Cl)cc3Cl)CCCc3ccccc32)c(C)c1. The molecule has 1 unspecified atom stereocenters. The molecule has 0 aliphatic carbocycles. The first kappa shape index (κ1) is 23.8. The van der Waals surface area contributed by atoms with Crippen LogP contribution in [0.4, 0.5) is 5.69 Å². The van der Waals surface area contributed by atoms with E-state index in [4.69, 9.17) is 23.2 Å². The van der Waals surface area contributed by atoms with Crippen molar-refractivity contribution in [3.63, 3.8) is 0 Å². The van der Waals surface area contributed by atoms with Gasteiger partial charge < -0.3 is 0 Å². The number of benzene rings is 3. The second-order valence-corrected chi connectivity index (χ2v) is 9.16. The van der Waals surface area contributed by atoms with Crippen LogP contribution in [0.3, 0.4) is 0 Å². The zero-order chi connectivity index (χ0) is 24.3. The molecule has 0 saturated heterocycles. The van der Waals surface area contributed by atoms with Gasteiger partial charge in [0.2, 0.25) is 0 Å². The van der Waals surface area contributed by atoms with E-state index in [9.17, 15) is 9.59 Å². The number of carbonyl (C=O) groups is 2. The number of quaternary nitrogens is 1. The number of imide groups is 1. The normalized spacial score (nSPS) is 16.4. The van der Waals surface area contributed by atoms with E-state index in [0.29, 0.717) is 34.3 Å². The maximum absolute atomic E-state index is 13.7. The number of hydrogen-bond acceptors (Lipinski definition) is 2. The number of hydrogen-bond donors (Lipinski definition) is 0. The van der Waals surface area contributed by atoms with E-state index in [1.54, 1.807) is 18.2 Å². The van der Waals surface area contributed by atoms with Crippen LogP contribution >= 0.6 is 23.2 Å². The van der Waals surface area contributed by atoms with Crippen molar-refractivity contribution in [3.05, 3.63) is 98.5 Å². The van der Waals surface area contributed by atoms with Gasteiger partial charge in [0.05, 0.1) is 5.02 Å². The molecule has 2 amide bonds. The first-order chi connectivity index (χ1) is 16.3. The van der Waals surface area contributed by atoms with Crippen molar-refractivity contribution < 1.29 is 9.59 Å². The minimum atomic E-state index is -0.549. The first-order valence-corrected chi connectivity index (χ1v) is 11.7. The number of aryl methyl sites for hydroxylation is 3. The molecule has 0 radical (unpaired) electrons. The highest BCUT2D eigenvalue weighted by Crippen LogP contribution is 2.34. The third-order valence-electron chi connectivity index (χ3n) is 5.96. The van der Waals surface area contributed by atoms with Crippen molar-refractivity contribution in [2.45, 2.75) is 26.7 Å². The molecule has 1 atom stereocenters. The van der Waals surface area contributed by atoms with E-state index in [1.165, 1.54) is 0 Å². The summed E-state index contributed by atoms with van der Waals surface area (Å²) in [6.07, 6.45) is 1.46. The molecule has 0 fully saturated rings. The number of fused-ring (bicyclic) bond motifs is 1. The van der Waals surface area contributed by atoms with Gasteiger partial charge in [0.15, 0.2) is 5.69 Å². The molecule has 1 aliphatic heterocycles. The van der Waals surface area contributed by atoms with Crippen LogP contribution in [0.1, 0.15) is 34.2 Å². The molecule has 0 aromatic heterocycles. The molecular formula is C29H22Cl2NO2+. The summed E-state index contributed by atoms with van der Waals surface area (Å²) in [4.78, 5) is 27.3. The molecule has 1 heterocycles. The number of carbonyl (C=O) groups excluding carboxylic acids is 2. The highest BCUT2D eigenvalue weighted by Gasteiger charge is 2.48. The third-order valence-corrected chi connectivity index (χ3v) is 6.50. The summed E-state index contributed by atoms with van der Waals surface area (Å²) in [6.45, 7) is 4.26. The van der Waals surface area contributed by atoms with Crippen molar-refractivity contribution in [1.29, 1.82) is 0 Å². The molecule has 3 aromatic carbocycles. The van der Waals surface area contributed by atoms with Crippen LogP contribution < -0.4 is 4.48 Å². The minimum Gasteiger partial charge on any atom is -0.216 e. The summed E-state index contributed by atoms with van der Waals surface area (Å²) in [5.41, 5.74) is 4.92. The zero-order valence-corrected chi connectivity index (χ0v) is 20.4. The lowest BCUT2D eigenvalue weighted by molar-refractivity contribution is -0.137. The molecule has 1 aliphatic rings. The van der Waals surface area contributed by atoms with Gasteiger partial charge in [0.1, 0.15) is 6.54 Å². The van der Waals surface area contributed by atoms with E-state index in [0.717, 1.165) is 28.7 Å². The van der Waals surface area contributed by atoms with Crippen molar-refractivity contribution in [2.75, 3.05) is 6.54 Å². The predicted octanol–water partition coefficient (Wildman–Crippen LogP) is 6.02. The van der Waals surface area contributed by atoms with E-state index in [-0.39, 0.29) is 0 Å². The van der Waals surface area contributed by atoms with Gasteiger partial charge in [-0.1, -0.05) is 70.9 Å². The van der Waals surface area contributed by atoms with E-state index in [2.05, 4.69) is 23.7 Å². The predicted molar refractivity (Wildman–Crippen MR) is 138 cm³/mol. The Morgan fingerprint density at radius 1 is 0.853 bits per heavy atom. The molecule has 0 bridgehead atoms. The van der Waals surface area contributed by atoms with Gasteiger partial charge in [0, 0.05) is 46.0 Å². The van der Waals surface area contributed by atoms with Gasteiger partial charge in [-0.3, -0.25) is 0 Å². The van der Waals surface area contributed by atoms with Crippen molar-refractivity contribution in [2.24, 2.45) is 0 Å². The molecule has 5 heteroatoms. The van der Waals surface area contributed by atoms with Crippen LogP contribution in [-0.4, -0.2) is 18.4 Å². The quantitative estimate of drug-likeness (QED) is 0.287. The highest BCUT2D eigenvalue weighted by atomic mass is 35.5. The molecule has 168 valence electrons. The third kappa shape index (κ3) is 4.65. The fraction of sp³-hybridized carbons (Fsp3) is 0.172. The number of halogens is 2. The molecule has 3 aromatic rings. The number of rotatable bonds is 0. The van der Waals surface area contributed by atoms with Gasteiger partial charge in [-0.25, -0.2) is 9.59 Å². The Labute approximate surface area is 209 Å². The second kappa shape index (κ2) is 9.88. The standard InChI is InChI=1S/C29H22Cl2NO2/c1-20-9-10-22(21(2)18-20)12-15-28(33)32(17-5-7-24-6-3-4-8-27(24)32)29(34)16-13-23-11-14-25(30)19-26(23)31/h3-4,6,8-11,14,18-19H,5,7,17H2,1-2H3/q+1. The maximum Gasteiger partial charge on any atom is 0.405 e. The summed E-state index contributed by atoms with van der Waals surface area (Å²) >= 11 is 12.2. The van der Waals surface area contributed by atoms with Crippen LogP contribution in [0.5, 0.6) is 0 Å². The van der Waals surface area contributed by atoms with Crippen molar-refractivity contribution in [1.82, 2.24) is 4.48 Å².